The summed E-state index contributed by atoms with van der Waals surface area (Å²) in [5, 5.41) is 0. The monoisotopic (exact) mass is 226 g/mol. The van der Waals surface area contributed by atoms with E-state index in [2.05, 4.69) is 0 Å². The van der Waals surface area contributed by atoms with Gasteiger partial charge in [0.25, 0.3) is 0 Å². The molecule has 1 aromatic rings. The van der Waals surface area contributed by atoms with Gasteiger partial charge in [-0.1, -0.05) is 30.1 Å². The predicted molar refractivity (Wildman–Crippen MR) is 48.7 cm³/mol. The molecule has 72 valence electrons. The van der Waals surface area contributed by atoms with Gasteiger partial charge in [0.2, 0.25) is 0 Å². The quantitative estimate of drug-likeness (QED) is 0.633. The predicted octanol–water partition coefficient (Wildman–Crippen LogP) is 0.237. The molecule has 0 heterocycles. The van der Waals surface area contributed by atoms with Crippen LogP contribution in [0, 0.1) is 13.8 Å². The summed E-state index contributed by atoms with van der Waals surface area (Å²) in [5.41, 5.74) is 2.06. The minimum absolute atomic E-state index is 0. The molecule has 0 aliphatic heterocycles. The first-order chi connectivity index (χ1) is 5.90. The van der Waals surface area contributed by atoms with Gasteiger partial charge >= 0.3 is 58.4 Å². The SMILES string of the molecule is Cc1cccc(C[B-](F)(F)F)c1C.[K+]. The summed E-state index contributed by atoms with van der Waals surface area (Å²) < 4.78 is 36.3. The van der Waals surface area contributed by atoms with Gasteiger partial charge in [0.15, 0.2) is 0 Å². The first-order valence-corrected chi connectivity index (χ1v) is 4.16. The van der Waals surface area contributed by atoms with Gasteiger partial charge in [0, 0.05) is 0 Å². The molecule has 0 amide bonds. The number of hydrogen-bond acceptors (Lipinski definition) is 0. The number of benzene rings is 1. The van der Waals surface area contributed by atoms with Crippen LogP contribution in [0.5, 0.6) is 0 Å². The second kappa shape index (κ2) is 5.70. The Morgan fingerprint density at radius 1 is 1.14 bits per heavy atom. The van der Waals surface area contributed by atoms with Crippen molar-refractivity contribution in [1.82, 2.24) is 0 Å². The van der Waals surface area contributed by atoms with Gasteiger partial charge in [-0.15, -0.1) is 0 Å². The van der Waals surface area contributed by atoms with Crippen molar-refractivity contribution in [1.29, 1.82) is 0 Å². The molecule has 0 aromatic heterocycles. The Morgan fingerprint density at radius 2 is 1.71 bits per heavy atom. The standard InChI is InChI=1S/C9H11BF3.K/c1-7-4-3-5-9(8(7)2)6-10(11,12)13;/h3-5H,6H2,1-2H3;/q-1;+1. The molecule has 1 aromatic carbocycles. The zero-order chi connectivity index (χ0) is 10.1. The van der Waals surface area contributed by atoms with Crippen LogP contribution in [-0.2, 0) is 6.32 Å². The number of aryl methyl sites for hydroxylation is 1. The van der Waals surface area contributed by atoms with Crippen LogP contribution in [0.15, 0.2) is 18.2 Å². The fraction of sp³-hybridized carbons (Fsp3) is 0.333. The molecule has 0 spiro atoms. The molecule has 1 rings (SSSR count). The third kappa shape index (κ3) is 4.49. The molecule has 0 aliphatic carbocycles. The van der Waals surface area contributed by atoms with E-state index in [0.717, 1.165) is 11.1 Å². The van der Waals surface area contributed by atoms with Crippen LogP contribution in [0.25, 0.3) is 0 Å². The van der Waals surface area contributed by atoms with Crippen molar-refractivity contribution >= 4 is 6.98 Å². The van der Waals surface area contributed by atoms with Gasteiger partial charge in [-0.25, -0.2) is 0 Å². The molecule has 0 bridgehead atoms. The Kier molecular flexibility index (Phi) is 5.99. The summed E-state index contributed by atoms with van der Waals surface area (Å²) >= 11 is 0. The topological polar surface area (TPSA) is 0 Å². The van der Waals surface area contributed by atoms with E-state index >= 15 is 0 Å². The van der Waals surface area contributed by atoms with Gasteiger partial charge in [-0.3, -0.25) is 0 Å². The Hall–Kier alpha value is 0.711. The molecule has 0 N–H and O–H groups in total. The fourth-order valence-electron chi connectivity index (χ4n) is 1.28. The van der Waals surface area contributed by atoms with Crippen molar-refractivity contribution in [2.24, 2.45) is 0 Å². The van der Waals surface area contributed by atoms with Gasteiger partial charge in [-0.05, 0) is 25.0 Å². The smallest absolute Gasteiger partial charge is 0.449 e. The fourth-order valence-corrected chi connectivity index (χ4v) is 1.28. The van der Waals surface area contributed by atoms with E-state index in [1.54, 1.807) is 13.0 Å². The van der Waals surface area contributed by atoms with E-state index in [1.165, 1.54) is 6.07 Å². The summed E-state index contributed by atoms with van der Waals surface area (Å²) in [6, 6.07) is 5.03. The molecule has 0 unspecified atom stereocenters. The van der Waals surface area contributed by atoms with Gasteiger partial charge in [-0.2, -0.15) is 0 Å². The molecule has 14 heavy (non-hydrogen) atoms. The van der Waals surface area contributed by atoms with Crippen LogP contribution < -0.4 is 51.4 Å². The third-order valence-corrected chi connectivity index (χ3v) is 2.17. The Morgan fingerprint density at radius 3 is 2.21 bits per heavy atom. The summed E-state index contributed by atoms with van der Waals surface area (Å²) in [6.07, 6.45) is -0.770. The zero-order valence-corrected chi connectivity index (χ0v) is 11.8. The first kappa shape index (κ1) is 14.7. The van der Waals surface area contributed by atoms with Crippen molar-refractivity contribution in [3.63, 3.8) is 0 Å². The van der Waals surface area contributed by atoms with Crippen LogP contribution in [0.3, 0.4) is 0 Å². The van der Waals surface area contributed by atoms with Gasteiger partial charge in [0.1, 0.15) is 0 Å². The third-order valence-electron chi connectivity index (χ3n) is 2.17. The molecule has 5 heteroatoms. The molecule has 0 aliphatic rings. The van der Waals surface area contributed by atoms with Gasteiger partial charge < -0.3 is 12.9 Å². The Labute approximate surface area is 125 Å². The van der Waals surface area contributed by atoms with Crippen LogP contribution in [0.4, 0.5) is 12.9 Å². The average Bonchev–Trinajstić information content (AvgIpc) is 1.96. The second-order valence-electron chi connectivity index (χ2n) is 3.27. The summed E-state index contributed by atoms with van der Waals surface area (Å²) in [5.74, 6) is 0. The van der Waals surface area contributed by atoms with Crippen molar-refractivity contribution in [3.05, 3.63) is 34.9 Å². The number of rotatable bonds is 2. The van der Waals surface area contributed by atoms with Crippen LogP contribution in [-0.4, -0.2) is 6.98 Å². The van der Waals surface area contributed by atoms with Crippen molar-refractivity contribution < 1.29 is 64.3 Å². The summed E-state index contributed by atoms with van der Waals surface area (Å²) in [6.45, 7) is -1.17. The molecule has 0 nitrogen and oxygen atoms in total. The maximum Gasteiger partial charge on any atom is 1.00 e. The maximum atomic E-state index is 12.1. The van der Waals surface area contributed by atoms with E-state index in [-0.39, 0.29) is 51.4 Å². The molecule has 0 saturated heterocycles. The van der Waals surface area contributed by atoms with Crippen LogP contribution >= 0.6 is 0 Å². The Balaban J connectivity index is 0.00000169. The maximum absolute atomic E-state index is 12.1. The van der Waals surface area contributed by atoms with E-state index in [1.807, 2.05) is 13.0 Å². The molecule has 0 atom stereocenters. The molecule has 0 fully saturated rings. The summed E-state index contributed by atoms with van der Waals surface area (Å²) in [4.78, 5) is 0. The molecular weight excluding hydrogens is 215 g/mol. The van der Waals surface area contributed by atoms with E-state index in [4.69, 9.17) is 0 Å². The second-order valence-corrected chi connectivity index (χ2v) is 3.27. The Bertz CT molecular complexity index is 309. The van der Waals surface area contributed by atoms with E-state index < -0.39 is 13.3 Å². The number of halogens is 3. The number of hydrogen-bond donors (Lipinski definition) is 0. The van der Waals surface area contributed by atoms with Crippen LogP contribution in [0.2, 0.25) is 0 Å². The van der Waals surface area contributed by atoms with E-state index in [9.17, 15) is 12.9 Å². The minimum Gasteiger partial charge on any atom is -0.449 e. The summed E-state index contributed by atoms with van der Waals surface area (Å²) in [7, 11) is 0. The zero-order valence-electron chi connectivity index (χ0n) is 8.65. The van der Waals surface area contributed by atoms with Crippen molar-refractivity contribution in [2.75, 3.05) is 0 Å². The van der Waals surface area contributed by atoms with Crippen LogP contribution in [0.1, 0.15) is 16.7 Å². The minimum atomic E-state index is -4.72. The van der Waals surface area contributed by atoms with Crippen molar-refractivity contribution in [2.45, 2.75) is 20.2 Å². The molecule has 0 radical (unpaired) electrons. The van der Waals surface area contributed by atoms with E-state index in [0.29, 0.717) is 5.56 Å². The van der Waals surface area contributed by atoms with Gasteiger partial charge in [0.05, 0.1) is 0 Å². The normalized spacial score (nSPS) is 10.9. The van der Waals surface area contributed by atoms with Crippen molar-refractivity contribution in [3.8, 4) is 0 Å². The largest absolute Gasteiger partial charge is 1.00 e. The first-order valence-electron chi connectivity index (χ1n) is 4.16. The average molecular weight is 226 g/mol. The molecule has 0 saturated carbocycles. The molecular formula is C9H11BF3K.